The Hall–Kier alpha value is -1.98. The number of aryl methyl sites for hydroxylation is 1. The zero-order valence-corrected chi connectivity index (χ0v) is 12.1. The van der Waals surface area contributed by atoms with Gasteiger partial charge in [-0.05, 0) is 36.8 Å². The van der Waals surface area contributed by atoms with Crippen LogP contribution in [0.3, 0.4) is 0 Å². The molecule has 2 nitrogen and oxygen atoms in total. The molecule has 1 unspecified atom stereocenters. The molecule has 20 heavy (non-hydrogen) atoms. The minimum absolute atomic E-state index is 0.136. The molecule has 102 valence electrons. The van der Waals surface area contributed by atoms with Crippen LogP contribution in [-0.2, 0) is 0 Å². The van der Waals surface area contributed by atoms with E-state index in [1.807, 2.05) is 43.3 Å². The van der Waals surface area contributed by atoms with Crippen LogP contribution >= 0.6 is 11.6 Å². The predicted molar refractivity (Wildman–Crippen MR) is 81.1 cm³/mol. The van der Waals surface area contributed by atoms with Crippen LogP contribution < -0.4 is 4.74 Å². The average Bonchev–Trinajstić information content (AvgIpc) is 2.47. The van der Waals surface area contributed by atoms with Crippen molar-refractivity contribution in [2.24, 2.45) is 0 Å². The molecule has 3 heteroatoms. The first-order valence-electron chi connectivity index (χ1n) is 6.53. The molecule has 0 amide bonds. The first-order chi connectivity index (χ1) is 9.69. The SMILES string of the molecule is Cc1ccc(C(C#N)CCOc2ccc(Cl)cc2)cc1. The van der Waals surface area contributed by atoms with Gasteiger partial charge in [0.15, 0.2) is 0 Å². The lowest BCUT2D eigenvalue weighted by Crippen LogP contribution is -2.04. The molecule has 0 aliphatic carbocycles. The van der Waals surface area contributed by atoms with Crippen LogP contribution in [0.25, 0.3) is 0 Å². The van der Waals surface area contributed by atoms with E-state index in [2.05, 4.69) is 6.07 Å². The van der Waals surface area contributed by atoms with E-state index >= 15 is 0 Å². The van der Waals surface area contributed by atoms with Gasteiger partial charge in [0.05, 0.1) is 18.6 Å². The summed E-state index contributed by atoms with van der Waals surface area (Å²) in [4.78, 5) is 0. The Morgan fingerprint density at radius 1 is 1.10 bits per heavy atom. The molecule has 0 heterocycles. The standard InChI is InChI=1S/C17H16ClNO/c1-13-2-4-14(5-3-13)15(12-19)10-11-20-17-8-6-16(18)7-9-17/h2-9,15H,10-11H2,1H3. The number of benzene rings is 2. The quantitative estimate of drug-likeness (QED) is 0.796. The maximum Gasteiger partial charge on any atom is 0.119 e. The summed E-state index contributed by atoms with van der Waals surface area (Å²) in [6.45, 7) is 2.54. The van der Waals surface area contributed by atoms with Crippen LogP contribution in [0, 0.1) is 18.3 Å². The van der Waals surface area contributed by atoms with Gasteiger partial charge < -0.3 is 4.74 Å². The van der Waals surface area contributed by atoms with Crippen molar-refractivity contribution in [2.45, 2.75) is 19.3 Å². The Labute approximate surface area is 124 Å². The van der Waals surface area contributed by atoms with E-state index in [4.69, 9.17) is 16.3 Å². The highest BCUT2D eigenvalue weighted by atomic mass is 35.5. The molecule has 1 atom stereocenters. The summed E-state index contributed by atoms with van der Waals surface area (Å²) in [6, 6.07) is 17.6. The molecule has 0 aliphatic heterocycles. The van der Waals surface area contributed by atoms with Gasteiger partial charge in [0.25, 0.3) is 0 Å². The highest BCUT2D eigenvalue weighted by Crippen LogP contribution is 2.21. The summed E-state index contributed by atoms with van der Waals surface area (Å²) in [5.41, 5.74) is 2.24. The minimum Gasteiger partial charge on any atom is -0.494 e. The van der Waals surface area contributed by atoms with Crippen LogP contribution in [0.15, 0.2) is 48.5 Å². The van der Waals surface area contributed by atoms with Gasteiger partial charge in [-0.15, -0.1) is 0 Å². The number of rotatable bonds is 5. The molecule has 0 aliphatic rings. The third-order valence-electron chi connectivity index (χ3n) is 3.12. The third-order valence-corrected chi connectivity index (χ3v) is 3.38. The summed E-state index contributed by atoms with van der Waals surface area (Å²) >= 11 is 5.81. The fourth-order valence-electron chi connectivity index (χ4n) is 1.93. The van der Waals surface area contributed by atoms with E-state index in [0.717, 1.165) is 11.3 Å². The van der Waals surface area contributed by atoms with E-state index in [9.17, 15) is 5.26 Å². The molecule has 0 fully saturated rings. The number of ether oxygens (including phenoxy) is 1. The third kappa shape index (κ3) is 4.01. The van der Waals surface area contributed by atoms with Gasteiger partial charge >= 0.3 is 0 Å². The number of hydrogen-bond acceptors (Lipinski definition) is 2. The van der Waals surface area contributed by atoms with Crippen LogP contribution in [0.5, 0.6) is 5.75 Å². The topological polar surface area (TPSA) is 33.0 Å². The van der Waals surface area contributed by atoms with Gasteiger partial charge in [0.2, 0.25) is 0 Å². The van der Waals surface area contributed by atoms with Crippen LogP contribution in [-0.4, -0.2) is 6.61 Å². The zero-order chi connectivity index (χ0) is 14.4. The van der Waals surface area contributed by atoms with Gasteiger partial charge in [-0.2, -0.15) is 5.26 Å². The number of nitrogens with zero attached hydrogens (tertiary/aromatic N) is 1. The van der Waals surface area contributed by atoms with Crippen molar-refractivity contribution in [3.63, 3.8) is 0 Å². The molecule has 0 aromatic heterocycles. The van der Waals surface area contributed by atoms with E-state index in [1.165, 1.54) is 5.56 Å². The first-order valence-corrected chi connectivity index (χ1v) is 6.91. The van der Waals surface area contributed by atoms with E-state index in [-0.39, 0.29) is 5.92 Å². The molecule has 0 N–H and O–H groups in total. The van der Waals surface area contributed by atoms with Crippen molar-refractivity contribution in [3.8, 4) is 11.8 Å². The monoisotopic (exact) mass is 285 g/mol. The fourth-order valence-corrected chi connectivity index (χ4v) is 2.06. The van der Waals surface area contributed by atoms with Gasteiger partial charge in [0.1, 0.15) is 5.75 Å². The normalized spacial score (nSPS) is 11.7. The van der Waals surface area contributed by atoms with Crippen molar-refractivity contribution in [1.29, 1.82) is 5.26 Å². The van der Waals surface area contributed by atoms with Crippen molar-refractivity contribution in [3.05, 3.63) is 64.7 Å². The summed E-state index contributed by atoms with van der Waals surface area (Å²) in [7, 11) is 0. The number of hydrogen-bond donors (Lipinski definition) is 0. The first kappa shape index (κ1) is 14.4. The van der Waals surface area contributed by atoms with Crippen molar-refractivity contribution >= 4 is 11.6 Å². The van der Waals surface area contributed by atoms with Gasteiger partial charge in [-0.25, -0.2) is 0 Å². The maximum absolute atomic E-state index is 9.26. The van der Waals surface area contributed by atoms with Crippen LogP contribution in [0.1, 0.15) is 23.5 Å². The second-order valence-electron chi connectivity index (χ2n) is 4.68. The lowest BCUT2D eigenvalue weighted by Gasteiger charge is -2.11. The van der Waals surface area contributed by atoms with Gasteiger partial charge in [-0.3, -0.25) is 0 Å². The highest BCUT2D eigenvalue weighted by molar-refractivity contribution is 6.30. The Bertz CT molecular complexity index is 584. The molecular formula is C17H16ClNO. The second kappa shape index (κ2) is 6.98. The van der Waals surface area contributed by atoms with Gasteiger partial charge in [0, 0.05) is 11.4 Å². The molecule has 0 radical (unpaired) electrons. The van der Waals surface area contributed by atoms with E-state index in [0.29, 0.717) is 18.1 Å². The zero-order valence-electron chi connectivity index (χ0n) is 11.3. The predicted octanol–water partition coefficient (Wildman–Crippen LogP) is 4.72. The molecule has 0 saturated carbocycles. The summed E-state index contributed by atoms with van der Waals surface area (Å²) in [5, 5.41) is 9.95. The Kier molecular flexibility index (Phi) is 5.03. The second-order valence-corrected chi connectivity index (χ2v) is 5.12. The largest absolute Gasteiger partial charge is 0.494 e. The Balaban J connectivity index is 1.90. The average molecular weight is 286 g/mol. The van der Waals surface area contributed by atoms with Crippen molar-refractivity contribution in [2.75, 3.05) is 6.61 Å². The Morgan fingerprint density at radius 3 is 2.35 bits per heavy atom. The molecule has 0 saturated heterocycles. The lowest BCUT2D eigenvalue weighted by atomic mass is 9.97. The maximum atomic E-state index is 9.26. The molecule has 2 aromatic rings. The minimum atomic E-state index is -0.136. The molecule has 0 spiro atoms. The summed E-state index contributed by atoms with van der Waals surface area (Å²) < 4.78 is 5.63. The molecule has 0 bridgehead atoms. The summed E-state index contributed by atoms with van der Waals surface area (Å²) in [6.07, 6.45) is 0.669. The molecule has 2 rings (SSSR count). The van der Waals surface area contributed by atoms with Crippen molar-refractivity contribution in [1.82, 2.24) is 0 Å². The highest BCUT2D eigenvalue weighted by Gasteiger charge is 2.10. The molecule has 2 aromatic carbocycles. The van der Waals surface area contributed by atoms with Crippen molar-refractivity contribution < 1.29 is 4.74 Å². The van der Waals surface area contributed by atoms with Crippen LogP contribution in [0.4, 0.5) is 0 Å². The Morgan fingerprint density at radius 2 is 1.75 bits per heavy atom. The number of nitriles is 1. The lowest BCUT2D eigenvalue weighted by molar-refractivity contribution is 0.306. The number of halogens is 1. The molecular weight excluding hydrogens is 270 g/mol. The summed E-state index contributed by atoms with van der Waals surface area (Å²) in [5.74, 6) is 0.637. The smallest absolute Gasteiger partial charge is 0.119 e. The van der Waals surface area contributed by atoms with Crippen LogP contribution in [0.2, 0.25) is 5.02 Å². The fraction of sp³-hybridized carbons (Fsp3) is 0.235. The van der Waals surface area contributed by atoms with E-state index < -0.39 is 0 Å². The van der Waals surface area contributed by atoms with E-state index in [1.54, 1.807) is 12.1 Å². The van der Waals surface area contributed by atoms with Gasteiger partial charge in [-0.1, -0.05) is 41.4 Å².